The van der Waals surface area contributed by atoms with Crippen molar-refractivity contribution in [1.29, 1.82) is 0 Å². The van der Waals surface area contributed by atoms with E-state index in [9.17, 15) is 14.7 Å². The Morgan fingerprint density at radius 1 is 0.846 bits per heavy atom. The number of allylic oxidation sites excluding steroid dienone is 2. The Kier molecular flexibility index (Phi) is 10.3. The highest BCUT2D eigenvalue weighted by Crippen LogP contribution is 2.65. The summed E-state index contributed by atoms with van der Waals surface area (Å²) in [6.07, 6.45) is 6.18. The van der Waals surface area contributed by atoms with E-state index in [0.29, 0.717) is 39.3 Å². The molecule has 4 aliphatic rings. The molecule has 2 aromatic heterocycles. The number of methoxy groups -OCH3 is 3. The number of hydrogen-bond donors (Lipinski definition) is 1. The third-order valence-corrected chi connectivity index (χ3v) is 15.6. The van der Waals surface area contributed by atoms with E-state index in [1.54, 1.807) is 80.6 Å². The van der Waals surface area contributed by atoms with Crippen LogP contribution in [0.1, 0.15) is 47.9 Å². The number of anilines is 2. The van der Waals surface area contributed by atoms with E-state index in [4.69, 9.17) is 30.9 Å². The van der Waals surface area contributed by atoms with Crippen molar-refractivity contribution in [3.05, 3.63) is 124 Å². The van der Waals surface area contributed by atoms with E-state index in [1.807, 2.05) is 73.7 Å². The van der Waals surface area contributed by atoms with Gasteiger partial charge in [-0.2, -0.15) is 5.10 Å². The zero-order valence-corrected chi connectivity index (χ0v) is 38.1. The molecule has 12 nitrogen and oxygen atoms in total. The van der Waals surface area contributed by atoms with Crippen molar-refractivity contribution in [2.45, 2.75) is 32.6 Å². The number of hydrogen-bond acceptors (Lipinski definition) is 10. The molecule has 14 heteroatoms. The van der Waals surface area contributed by atoms with Gasteiger partial charge in [0.2, 0.25) is 23.6 Å². The Hall–Kier alpha value is -6.70. The number of aromatic nitrogens is 2. The first-order valence-corrected chi connectivity index (χ1v) is 22.5. The number of rotatable bonds is 9. The SMILES string of the molecule is COc1ccc(OC)c(C=Cc2ccc(N3C(=O)[C@H]4[C@H](CC=C5[C@H]4C[C@H]4C(=O)N(c6cc(-c7sc8ccc(Cl)cc8c7C)nn6C)C(=O)[C@@]4(C)[C@H]5c4cccc(OC)c4O)C3=O)cc2)c1. The predicted molar refractivity (Wildman–Crippen MR) is 250 cm³/mol. The van der Waals surface area contributed by atoms with Crippen molar-refractivity contribution < 1.29 is 38.5 Å². The first-order chi connectivity index (χ1) is 31.3. The van der Waals surface area contributed by atoms with Gasteiger partial charge in [0.05, 0.1) is 55.1 Å². The van der Waals surface area contributed by atoms with Crippen molar-refractivity contribution in [2.75, 3.05) is 31.1 Å². The van der Waals surface area contributed by atoms with Gasteiger partial charge in [-0.25, -0.2) is 4.90 Å². The quantitative estimate of drug-likeness (QED) is 0.0853. The van der Waals surface area contributed by atoms with Crippen LogP contribution < -0.4 is 24.0 Å². The fraction of sp³-hybridized carbons (Fsp3) is 0.275. The number of aryl methyl sites for hydroxylation is 2. The molecule has 4 heterocycles. The Balaban J connectivity index is 1.01. The molecule has 1 N–H and O–H groups in total. The number of nitrogens with zero attached hydrogens (tertiary/aromatic N) is 4. The smallest absolute Gasteiger partial charge is 0.242 e. The van der Waals surface area contributed by atoms with Crippen LogP contribution in [0.2, 0.25) is 5.02 Å². The van der Waals surface area contributed by atoms with Crippen LogP contribution in [0.3, 0.4) is 0 Å². The van der Waals surface area contributed by atoms with Gasteiger partial charge < -0.3 is 19.3 Å². The predicted octanol–water partition coefficient (Wildman–Crippen LogP) is 9.60. The van der Waals surface area contributed by atoms with Gasteiger partial charge in [-0.05, 0) is 104 Å². The maximum atomic E-state index is 15.3. The summed E-state index contributed by atoms with van der Waals surface area (Å²) in [6.45, 7) is 3.79. The zero-order valence-electron chi connectivity index (χ0n) is 36.5. The number of para-hydroxylation sites is 1. The lowest BCUT2D eigenvalue weighted by molar-refractivity contribution is -0.131. The monoisotopic (exact) mass is 908 g/mol. The van der Waals surface area contributed by atoms with Gasteiger partial charge in [0.15, 0.2) is 11.5 Å². The lowest BCUT2D eigenvalue weighted by atomic mass is 9.51. The van der Waals surface area contributed by atoms with E-state index >= 15 is 9.59 Å². The van der Waals surface area contributed by atoms with Crippen molar-refractivity contribution in [1.82, 2.24) is 9.78 Å². The van der Waals surface area contributed by atoms with Gasteiger partial charge in [0, 0.05) is 39.9 Å². The van der Waals surface area contributed by atoms with Gasteiger partial charge in [-0.15, -0.1) is 11.3 Å². The van der Waals surface area contributed by atoms with Crippen LogP contribution >= 0.6 is 22.9 Å². The van der Waals surface area contributed by atoms with Crippen LogP contribution in [0, 0.1) is 36.0 Å². The van der Waals surface area contributed by atoms with Gasteiger partial charge in [-0.1, -0.05) is 59.7 Å². The van der Waals surface area contributed by atoms with Gasteiger partial charge in [0.1, 0.15) is 23.0 Å². The molecule has 3 fully saturated rings. The second kappa shape index (κ2) is 15.8. The number of aromatic hydroxyl groups is 1. The Morgan fingerprint density at radius 3 is 2.35 bits per heavy atom. The van der Waals surface area contributed by atoms with Crippen LogP contribution in [0.5, 0.6) is 23.0 Å². The van der Waals surface area contributed by atoms with E-state index in [-0.39, 0.29) is 36.2 Å². The van der Waals surface area contributed by atoms with Gasteiger partial charge >= 0.3 is 0 Å². The van der Waals surface area contributed by atoms with Crippen molar-refractivity contribution in [3.8, 4) is 33.6 Å². The van der Waals surface area contributed by atoms with Crippen molar-refractivity contribution in [2.24, 2.45) is 36.1 Å². The molecule has 4 amide bonds. The van der Waals surface area contributed by atoms with Crippen LogP contribution in [-0.4, -0.2) is 59.8 Å². The third-order valence-electron chi connectivity index (χ3n) is 14.1. The minimum absolute atomic E-state index is 0.150. The van der Waals surface area contributed by atoms with Crippen LogP contribution in [0.15, 0.2) is 96.6 Å². The normalized spacial score (nSPS) is 23.9. The second-order valence-corrected chi connectivity index (χ2v) is 18.8. The molecular formula is C51H45ClN4O8S. The molecule has 330 valence electrons. The second-order valence-electron chi connectivity index (χ2n) is 17.3. The summed E-state index contributed by atoms with van der Waals surface area (Å²) in [5.41, 5.74) is 3.45. The summed E-state index contributed by atoms with van der Waals surface area (Å²) >= 11 is 7.91. The van der Waals surface area contributed by atoms with Crippen molar-refractivity contribution >= 4 is 80.3 Å². The topological polar surface area (TPSA) is 140 Å². The van der Waals surface area contributed by atoms with Crippen LogP contribution in [0.25, 0.3) is 32.8 Å². The number of phenols is 1. The average molecular weight is 909 g/mol. The first-order valence-electron chi connectivity index (χ1n) is 21.3. The number of benzene rings is 4. The summed E-state index contributed by atoms with van der Waals surface area (Å²) in [5, 5.41) is 18.2. The molecule has 6 atom stereocenters. The largest absolute Gasteiger partial charge is 0.504 e. The molecule has 0 radical (unpaired) electrons. The minimum Gasteiger partial charge on any atom is -0.504 e. The zero-order chi connectivity index (χ0) is 45.6. The molecule has 6 aromatic rings. The summed E-state index contributed by atoms with van der Waals surface area (Å²) in [7, 11) is 6.37. The number of carbonyl (C=O) groups excluding carboxylic acids is 4. The highest BCUT2D eigenvalue weighted by atomic mass is 35.5. The Labute approximate surface area is 384 Å². The maximum Gasteiger partial charge on any atom is 0.242 e. The number of halogens is 1. The standard InChI is InChI=1S/C51H45ClN4O8S/c1-26-35-23-29(52)14-21-41(35)65-46(26)38-25-42(54(3)53-38)56-48(59)37-24-36-32(44(51(37,2)50(56)61)34-8-7-9-40(64-6)45(34)57)18-19-33-43(36)49(60)55(47(33)58)30-15-11-27(12-16-30)10-13-28-22-31(62-4)17-20-39(28)63-5/h7-18,20-23,25,33,36-37,43-44,57H,19,24H2,1-6H3/t33-,36+,37-,43-,44+,51+/m0/s1. The van der Waals surface area contributed by atoms with E-state index in [1.165, 1.54) is 16.9 Å². The number of imide groups is 2. The molecule has 0 bridgehead atoms. The Bertz CT molecular complexity index is 3060. The number of amides is 4. The summed E-state index contributed by atoms with van der Waals surface area (Å²) in [4.78, 5) is 63.0. The average Bonchev–Trinajstić information content (AvgIpc) is 3.98. The van der Waals surface area contributed by atoms with Crippen LogP contribution in [0.4, 0.5) is 11.5 Å². The molecule has 2 aliphatic heterocycles. The molecule has 10 rings (SSSR count). The minimum atomic E-state index is -1.39. The summed E-state index contributed by atoms with van der Waals surface area (Å²) in [6, 6.07) is 25.3. The highest BCUT2D eigenvalue weighted by molar-refractivity contribution is 7.22. The summed E-state index contributed by atoms with van der Waals surface area (Å²) < 4.78 is 19.0. The summed E-state index contributed by atoms with van der Waals surface area (Å²) in [5.74, 6) is -3.62. The molecule has 65 heavy (non-hydrogen) atoms. The lowest BCUT2D eigenvalue weighted by Gasteiger charge is -2.49. The van der Waals surface area contributed by atoms with E-state index in [0.717, 1.165) is 37.2 Å². The highest BCUT2D eigenvalue weighted by Gasteiger charge is 2.68. The number of ether oxygens (including phenoxy) is 3. The van der Waals surface area contributed by atoms with E-state index < -0.39 is 46.8 Å². The fourth-order valence-electron chi connectivity index (χ4n) is 10.9. The molecule has 2 aliphatic carbocycles. The number of thiophene rings is 1. The van der Waals surface area contributed by atoms with Crippen molar-refractivity contribution in [3.63, 3.8) is 0 Å². The number of fused-ring (bicyclic) bond motifs is 5. The van der Waals surface area contributed by atoms with Gasteiger partial charge in [-0.3, -0.25) is 28.8 Å². The lowest BCUT2D eigenvalue weighted by Crippen LogP contribution is -2.49. The van der Waals surface area contributed by atoms with Crippen LogP contribution in [-0.2, 0) is 26.2 Å². The fourth-order valence-corrected chi connectivity index (χ4v) is 12.2. The molecule has 1 saturated carbocycles. The number of phenolic OH excluding ortho intramolecular Hbond substituents is 1. The van der Waals surface area contributed by atoms with Gasteiger partial charge in [0.25, 0.3) is 0 Å². The van der Waals surface area contributed by atoms with E-state index in [2.05, 4.69) is 0 Å². The number of carbonyl (C=O) groups is 4. The maximum absolute atomic E-state index is 15.3. The Morgan fingerprint density at radius 2 is 1.62 bits per heavy atom. The third kappa shape index (κ3) is 6.41. The molecule has 2 saturated heterocycles. The molecule has 0 unspecified atom stereocenters. The molecule has 4 aromatic carbocycles. The molecular weight excluding hydrogens is 864 g/mol. The molecule has 0 spiro atoms. The first kappa shape index (κ1) is 42.3.